The first-order chi connectivity index (χ1) is 15.4. The van der Waals surface area contributed by atoms with Gasteiger partial charge < -0.3 is 23.7 Å². The molecule has 2 rings (SSSR count). The summed E-state index contributed by atoms with van der Waals surface area (Å²) in [5, 5.41) is 0. The van der Waals surface area contributed by atoms with E-state index < -0.39 is 41.7 Å². The number of carbonyl (C=O) groups excluding carboxylic acids is 3. The number of carbonyl (C=O) groups is 3. The van der Waals surface area contributed by atoms with Crippen molar-refractivity contribution in [3.8, 4) is 11.5 Å². The van der Waals surface area contributed by atoms with Crippen LogP contribution in [0.2, 0.25) is 0 Å². The number of rotatable bonds is 7. The molecule has 0 saturated heterocycles. The summed E-state index contributed by atoms with van der Waals surface area (Å²) in [5.41, 5.74) is 0.629. The van der Waals surface area contributed by atoms with Crippen LogP contribution in [0, 0.1) is 5.92 Å². The third-order valence-electron chi connectivity index (χ3n) is 5.01. The Morgan fingerprint density at radius 1 is 1.06 bits per heavy atom. The van der Waals surface area contributed by atoms with Crippen LogP contribution >= 0.6 is 0 Å². The maximum atomic E-state index is 13.2. The molecule has 0 aromatic heterocycles. The Labute approximate surface area is 195 Å². The van der Waals surface area contributed by atoms with Crippen LogP contribution in [-0.2, 0) is 30.2 Å². The minimum absolute atomic E-state index is 0.0717. The first-order valence-corrected chi connectivity index (χ1v) is 11.0. The minimum Gasteiger partial charge on any atom is -0.493 e. The Morgan fingerprint density at radius 3 is 2.18 bits per heavy atom. The number of ether oxygens (including phenoxy) is 5. The highest BCUT2D eigenvalue weighted by Gasteiger charge is 2.47. The summed E-state index contributed by atoms with van der Waals surface area (Å²) in [7, 11) is 3.02. The number of amides is 1. The van der Waals surface area contributed by atoms with Gasteiger partial charge in [0.2, 0.25) is 0 Å². The van der Waals surface area contributed by atoms with Gasteiger partial charge in [-0.15, -0.1) is 0 Å². The molecule has 9 nitrogen and oxygen atoms in total. The molecular formula is C24H35NO8. The van der Waals surface area contributed by atoms with Crippen molar-refractivity contribution < 1.29 is 38.1 Å². The van der Waals surface area contributed by atoms with Crippen LogP contribution in [0.15, 0.2) is 12.1 Å². The third kappa shape index (κ3) is 6.30. The van der Waals surface area contributed by atoms with E-state index >= 15 is 0 Å². The molecule has 0 spiro atoms. The molecule has 0 bridgehead atoms. The van der Waals surface area contributed by atoms with E-state index in [9.17, 15) is 14.4 Å². The van der Waals surface area contributed by atoms with Crippen molar-refractivity contribution in [2.75, 3.05) is 27.4 Å². The van der Waals surface area contributed by atoms with Gasteiger partial charge in [0, 0.05) is 6.54 Å². The summed E-state index contributed by atoms with van der Waals surface area (Å²) in [5.74, 6) is -2.03. The van der Waals surface area contributed by atoms with Crippen molar-refractivity contribution in [2.24, 2.45) is 5.92 Å². The summed E-state index contributed by atoms with van der Waals surface area (Å²) >= 11 is 0. The second-order valence-corrected chi connectivity index (χ2v) is 8.99. The van der Waals surface area contributed by atoms with E-state index in [2.05, 4.69) is 0 Å². The highest BCUT2D eigenvalue weighted by molar-refractivity contribution is 5.96. The number of hydrogen-bond donors (Lipinski definition) is 0. The van der Waals surface area contributed by atoms with E-state index in [-0.39, 0.29) is 13.2 Å². The predicted molar refractivity (Wildman–Crippen MR) is 120 cm³/mol. The Hall–Kier alpha value is -2.97. The fraction of sp³-hybridized carbons (Fsp3) is 0.625. The van der Waals surface area contributed by atoms with Crippen LogP contribution in [0.5, 0.6) is 11.5 Å². The van der Waals surface area contributed by atoms with Crippen LogP contribution in [0.3, 0.4) is 0 Å². The summed E-state index contributed by atoms with van der Waals surface area (Å²) in [6.07, 6.45) is -0.627. The zero-order valence-corrected chi connectivity index (χ0v) is 20.7. The van der Waals surface area contributed by atoms with Crippen molar-refractivity contribution in [2.45, 2.75) is 65.7 Å². The van der Waals surface area contributed by atoms with Crippen LogP contribution in [0.25, 0.3) is 0 Å². The number of methoxy groups -OCH3 is 2. The molecule has 2 atom stereocenters. The fourth-order valence-electron chi connectivity index (χ4n) is 3.75. The van der Waals surface area contributed by atoms with Gasteiger partial charge >= 0.3 is 18.0 Å². The Morgan fingerprint density at radius 2 is 1.67 bits per heavy atom. The topological polar surface area (TPSA) is 101 Å². The molecule has 1 aliphatic rings. The van der Waals surface area contributed by atoms with Crippen LogP contribution in [0.1, 0.15) is 58.7 Å². The molecule has 1 aromatic rings. The zero-order chi connectivity index (χ0) is 24.9. The van der Waals surface area contributed by atoms with Gasteiger partial charge in [-0.3, -0.25) is 14.5 Å². The number of esters is 2. The molecule has 0 aliphatic carbocycles. The summed E-state index contributed by atoms with van der Waals surface area (Å²) < 4.78 is 27.1. The van der Waals surface area contributed by atoms with Gasteiger partial charge in [0.25, 0.3) is 0 Å². The number of benzene rings is 1. The Balaban J connectivity index is 2.69. The van der Waals surface area contributed by atoms with Gasteiger partial charge in [-0.1, -0.05) is 0 Å². The first-order valence-electron chi connectivity index (χ1n) is 11.0. The highest BCUT2D eigenvalue weighted by atomic mass is 16.6. The lowest BCUT2D eigenvalue weighted by Crippen LogP contribution is -2.49. The molecule has 0 fully saturated rings. The SMILES string of the molecule is CCOC(=O)C(C(=O)OC(C)C)[C@@H]1c2cc(OC)c(OC)cc2CCN1C(=O)OC(C)(C)C. The maximum Gasteiger partial charge on any atom is 0.410 e. The summed E-state index contributed by atoms with van der Waals surface area (Å²) in [6.45, 7) is 10.6. The monoisotopic (exact) mass is 465 g/mol. The Kier molecular flexibility index (Phi) is 8.57. The first kappa shape index (κ1) is 26.3. The van der Waals surface area contributed by atoms with E-state index in [0.29, 0.717) is 23.5 Å². The van der Waals surface area contributed by atoms with Gasteiger partial charge in [-0.25, -0.2) is 4.79 Å². The molecule has 184 valence electrons. The average Bonchev–Trinajstić information content (AvgIpc) is 2.71. The van der Waals surface area contributed by atoms with Crippen molar-refractivity contribution in [3.05, 3.63) is 23.3 Å². The molecule has 1 aromatic carbocycles. The van der Waals surface area contributed by atoms with Crippen LogP contribution in [-0.4, -0.2) is 62.0 Å². The maximum absolute atomic E-state index is 13.2. The van der Waals surface area contributed by atoms with Gasteiger partial charge in [-0.2, -0.15) is 0 Å². The third-order valence-corrected chi connectivity index (χ3v) is 5.01. The van der Waals surface area contributed by atoms with Crippen molar-refractivity contribution in [1.29, 1.82) is 0 Å². The van der Waals surface area contributed by atoms with Gasteiger partial charge in [0.05, 0.1) is 33.0 Å². The van der Waals surface area contributed by atoms with Crippen molar-refractivity contribution in [1.82, 2.24) is 4.90 Å². The predicted octanol–water partition coefficient (Wildman–Crippen LogP) is 3.67. The average molecular weight is 466 g/mol. The fourth-order valence-corrected chi connectivity index (χ4v) is 3.75. The minimum atomic E-state index is -1.41. The van der Waals surface area contributed by atoms with E-state index in [0.717, 1.165) is 5.56 Å². The Bertz CT molecular complexity index is 874. The van der Waals surface area contributed by atoms with Gasteiger partial charge in [0.15, 0.2) is 17.4 Å². The molecule has 0 saturated carbocycles. The lowest BCUT2D eigenvalue weighted by molar-refractivity contribution is -0.167. The van der Waals surface area contributed by atoms with E-state index in [1.54, 1.807) is 53.7 Å². The van der Waals surface area contributed by atoms with Crippen LogP contribution in [0.4, 0.5) is 4.79 Å². The standard InChI is InChI=1S/C24H35NO8/c1-9-31-21(26)19(22(27)32-14(2)3)20-16-13-18(30-8)17(29-7)12-15(16)10-11-25(20)23(28)33-24(4,5)6/h12-14,19-20H,9-11H2,1-8H3/t19?,20-/m0/s1. The van der Waals surface area contributed by atoms with E-state index in [1.807, 2.05) is 0 Å². The second-order valence-electron chi connectivity index (χ2n) is 8.99. The smallest absolute Gasteiger partial charge is 0.410 e. The lowest BCUT2D eigenvalue weighted by Gasteiger charge is -2.40. The quantitative estimate of drug-likeness (QED) is 0.342. The molecule has 9 heteroatoms. The molecule has 1 aliphatic heterocycles. The molecule has 1 heterocycles. The number of fused-ring (bicyclic) bond motifs is 1. The second kappa shape index (κ2) is 10.8. The van der Waals surface area contributed by atoms with Crippen LogP contribution < -0.4 is 9.47 Å². The molecule has 1 amide bonds. The molecule has 33 heavy (non-hydrogen) atoms. The number of nitrogens with zero attached hydrogens (tertiary/aromatic N) is 1. The highest BCUT2D eigenvalue weighted by Crippen LogP contribution is 2.42. The molecular weight excluding hydrogens is 430 g/mol. The molecule has 0 radical (unpaired) electrons. The zero-order valence-electron chi connectivity index (χ0n) is 20.7. The van der Waals surface area contributed by atoms with Gasteiger partial charge in [-0.05, 0) is 71.2 Å². The molecule has 0 N–H and O–H groups in total. The van der Waals surface area contributed by atoms with E-state index in [4.69, 9.17) is 23.7 Å². The lowest BCUT2D eigenvalue weighted by atomic mass is 9.84. The van der Waals surface area contributed by atoms with Gasteiger partial charge in [0.1, 0.15) is 5.60 Å². The normalized spacial score (nSPS) is 16.5. The molecule has 1 unspecified atom stereocenters. The van der Waals surface area contributed by atoms with Crippen molar-refractivity contribution >= 4 is 18.0 Å². The largest absolute Gasteiger partial charge is 0.493 e. The summed E-state index contributed by atoms with van der Waals surface area (Å²) in [4.78, 5) is 40.8. The summed E-state index contributed by atoms with van der Waals surface area (Å²) in [6, 6.07) is 2.47. The van der Waals surface area contributed by atoms with Crippen molar-refractivity contribution in [3.63, 3.8) is 0 Å². The van der Waals surface area contributed by atoms with E-state index in [1.165, 1.54) is 19.1 Å². The number of hydrogen-bond acceptors (Lipinski definition) is 8.